The number of imidazole rings is 1. The molecule has 0 fully saturated rings. The Hall–Kier alpha value is -3.16. The van der Waals surface area contributed by atoms with Crippen LogP contribution < -0.4 is 16.6 Å². The second kappa shape index (κ2) is 6.39. The molecule has 1 N–H and O–H groups in total. The van der Waals surface area contributed by atoms with Gasteiger partial charge in [0.25, 0.3) is 5.56 Å². The van der Waals surface area contributed by atoms with Gasteiger partial charge in [-0.05, 0) is 19.1 Å². The molecule has 0 spiro atoms. The summed E-state index contributed by atoms with van der Waals surface area (Å²) < 4.78 is 4.13. The summed E-state index contributed by atoms with van der Waals surface area (Å²) in [6.45, 7) is 2.49. The molecule has 0 amide bonds. The summed E-state index contributed by atoms with van der Waals surface area (Å²) in [5.41, 5.74) is 1.33. The van der Waals surface area contributed by atoms with Crippen LogP contribution in [0.5, 0.6) is 0 Å². The minimum Gasteiger partial charge on any atom is -0.383 e. The third-order valence-electron chi connectivity index (χ3n) is 4.19. The highest BCUT2D eigenvalue weighted by Crippen LogP contribution is 2.15. The van der Waals surface area contributed by atoms with Gasteiger partial charge in [0, 0.05) is 38.4 Å². The van der Waals surface area contributed by atoms with E-state index in [2.05, 4.69) is 10.3 Å². The predicted octanol–water partition coefficient (Wildman–Crippen LogP) is 0.748. The fraction of sp³-hybridized carbons (Fsp3) is 0.294. The monoisotopic (exact) mass is 341 g/mol. The topological polar surface area (TPSA) is 90.9 Å². The van der Waals surface area contributed by atoms with Gasteiger partial charge in [0.2, 0.25) is 0 Å². The molecule has 3 aromatic rings. The molecule has 0 bridgehead atoms. The SMILES string of the molecule is CC(=O)c1ccccc1NCCn1cnc2c1c(=O)n(C)c(=O)n2C. The van der Waals surface area contributed by atoms with Gasteiger partial charge in [0.1, 0.15) is 0 Å². The molecular weight excluding hydrogens is 322 g/mol. The predicted molar refractivity (Wildman–Crippen MR) is 95.2 cm³/mol. The van der Waals surface area contributed by atoms with Crippen LogP contribution in [0.1, 0.15) is 17.3 Å². The van der Waals surface area contributed by atoms with Gasteiger partial charge in [-0.1, -0.05) is 12.1 Å². The first-order valence-electron chi connectivity index (χ1n) is 7.86. The Kier molecular flexibility index (Phi) is 4.26. The third-order valence-corrected chi connectivity index (χ3v) is 4.19. The second-order valence-corrected chi connectivity index (χ2v) is 5.84. The normalized spacial score (nSPS) is 11.0. The minimum atomic E-state index is -0.406. The van der Waals surface area contributed by atoms with Crippen LogP contribution >= 0.6 is 0 Å². The van der Waals surface area contributed by atoms with Gasteiger partial charge in [-0.3, -0.25) is 18.7 Å². The Labute approximate surface area is 143 Å². The number of Topliss-reactive ketones (excluding diaryl/α,β-unsaturated/α-hetero) is 1. The summed E-state index contributed by atoms with van der Waals surface area (Å²) >= 11 is 0. The van der Waals surface area contributed by atoms with Crippen LogP contribution in [-0.2, 0) is 20.6 Å². The Bertz CT molecular complexity index is 1070. The number of benzene rings is 1. The molecule has 0 aliphatic heterocycles. The van der Waals surface area contributed by atoms with Crippen LogP contribution in [0.2, 0.25) is 0 Å². The molecule has 2 heterocycles. The van der Waals surface area contributed by atoms with Crippen molar-refractivity contribution in [2.45, 2.75) is 13.5 Å². The fourth-order valence-corrected chi connectivity index (χ4v) is 2.82. The number of nitrogens with zero attached hydrogens (tertiary/aromatic N) is 4. The molecule has 0 saturated heterocycles. The molecule has 0 unspecified atom stereocenters. The zero-order valence-corrected chi connectivity index (χ0v) is 14.3. The van der Waals surface area contributed by atoms with Gasteiger partial charge in [-0.15, -0.1) is 0 Å². The van der Waals surface area contributed by atoms with Crippen molar-refractivity contribution in [3.05, 3.63) is 57.0 Å². The van der Waals surface area contributed by atoms with Gasteiger partial charge in [-0.2, -0.15) is 0 Å². The second-order valence-electron chi connectivity index (χ2n) is 5.84. The van der Waals surface area contributed by atoms with Crippen LogP contribution in [-0.4, -0.2) is 31.0 Å². The number of hydrogen-bond acceptors (Lipinski definition) is 5. The number of anilines is 1. The molecule has 8 heteroatoms. The molecule has 3 rings (SSSR count). The van der Waals surface area contributed by atoms with Crippen molar-refractivity contribution < 1.29 is 4.79 Å². The van der Waals surface area contributed by atoms with Crippen molar-refractivity contribution in [3.63, 3.8) is 0 Å². The number of hydrogen-bond donors (Lipinski definition) is 1. The highest BCUT2D eigenvalue weighted by atomic mass is 16.2. The average molecular weight is 341 g/mol. The smallest absolute Gasteiger partial charge is 0.332 e. The first-order valence-corrected chi connectivity index (χ1v) is 7.86. The molecule has 1 aromatic carbocycles. The molecule has 2 aromatic heterocycles. The lowest BCUT2D eigenvalue weighted by molar-refractivity contribution is 0.101. The number of rotatable bonds is 5. The van der Waals surface area contributed by atoms with Crippen molar-refractivity contribution in [2.75, 3.05) is 11.9 Å². The van der Waals surface area contributed by atoms with Crippen molar-refractivity contribution >= 4 is 22.6 Å². The van der Waals surface area contributed by atoms with E-state index in [4.69, 9.17) is 0 Å². The van der Waals surface area contributed by atoms with E-state index in [1.54, 1.807) is 24.0 Å². The number of nitrogens with one attached hydrogen (secondary N) is 1. The van der Waals surface area contributed by atoms with E-state index in [1.807, 2.05) is 18.2 Å². The van der Waals surface area contributed by atoms with Gasteiger partial charge in [0.15, 0.2) is 16.9 Å². The Morgan fingerprint density at radius 3 is 2.60 bits per heavy atom. The van der Waals surface area contributed by atoms with E-state index >= 15 is 0 Å². The van der Waals surface area contributed by atoms with E-state index in [1.165, 1.54) is 18.5 Å². The van der Waals surface area contributed by atoms with Crippen molar-refractivity contribution in [3.8, 4) is 0 Å². The maximum Gasteiger partial charge on any atom is 0.332 e. The lowest BCUT2D eigenvalue weighted by Gasteiger charge is -2.11. The van der Waals surface area contributed by atoms with Gasteiger partial charge in [-0.25, -0.2) is 9.78 Å². The maximum absolute atomic E-state index is 12.4. The molecule has 8 nitrogen and oxygen atoms in total. The number of carbonyl (C=O) groups is 1. The molecule has 25 heavy (non-hydrogen) atoms. The Morgan fingerprint density at radius 2 is 1.88 bits per heavy atom. The lowest BCUT2D eigenvalue weighted by atomic mass is 10.1. The molecule has 0 atom stereocenters. The number of ketones is 1. The molecule has 0 aliphatic rings. The zero-order valence-electron chi connectivity index (χ0n) is 14.3. The molecule has 0 aliphatic carbocycles. The summed E-state index contributed by atoms with van der Waals surface area (Å²) in [4.78, 5) is 40.2. The Morgan fingerprint density at radius 1 is 1.16 bits per heavy atom. The standard InChI is InChI=1S/C17H19N5O3/c1-11(23)12-6-4-5-7-13(12)18-8-9-22-10-19-15-14(22)16(24)21(3)17(25)20(15)2/h4-7,10,18H,8-9H2,1-3H3. The third kappa shape index (κ3) is 2.86. The summed E-state index contributed by atoms with van der Waals surface area (Å²) in [5.74, 6) is -0.0138. The summed E-state index contributed by atoms with van der Waals surface area (Å²) in [7, 11) is 3.03. The van der Waals surface area contributed by atoms with Gasteiger partial charge < -0.3 is 9.88 Å². The minimum absolute atomic E-state index is 0.0138. The lowest BCUT2D eigenvalue weighted by Crippen LogP contribution is -2.37. The zero-order chi connectivity index (χ0) is 18.1. The largest absolute Gasteiger partial charge is 0.383 e. The van der Waals surface area contributed by atoms with Crippen LogP contribution in [0.4, 0.5) is 5.69 Å². The number of aryl methyl sites for hydroxylation is 1. The number of aromatic nitrogens is 4. The van der Waals surface area contributed by atoms with E-state index in [0.29, 0.717) is 29.8 Å². The van der Waals surface area contributed by atoms with E-state index in [-0.39, 0.29) is 11.3 Å². The van der Waals surface area contributed by atoms with Crippen LogP contribution in [0.25, 0.3) is 11.2 Å². The number of fused-ring (bicyclic) bond motifs is 1. The maximum atomic E-state index is 12.4. The summed E-state index contributed by atoms with van der Waals surface area (Å²) in [6.07, 6.45) is 1.55. The van der Waals surface area contributed by atoms with Gasteiger partial charge in [0.05, 0.1) is 6.33 Å². The van der Waals surface area contributed by atoms with Crippen LogP contribution in [0.3, 0.4) is 0 Å². The summed E-state index contributed by atoms with van der Waals surface area (Å²) in [5, 5.41) is 3.21. The van der Waals surface area contributed by atoms with Crippen molar-refractivity contribution in [1.29, 1.82) is 0 Å². The Balaban J connectivity index is 1.87. The molecule has 0 saturated carbocycles. The first-order chi connectivity index (χ1) is 11.9. The molecule has 130 valence electrons. The summed E-state index contributed by atoms with van der Waals surface area (Å²) in [6, 6.07) is 7.27. The number of carbonyl (C=O) groups excluding carboxylic acids is 1. The number of para-hydroxylation sites is 1. The van der Waals surface area contributed by atoms with E-state index in [9.17, 15) is 14.4 Å². The molecular formula is C17H19N5O3. The van der Waals surface area contributed by atoms with Crippen LogP contribution in [0.15, 0.2) is 40.2 Å². The van der Waals surface area contributed by atoms with Crippen LogP contribution in [0, 0.1) is 0 Å². The molecule has 0 radical (unpaired) electrons. The van der Waals surface area contributed by atoms with E-state index < -0.39 is 5.69 Å². The average Bonchev–Trinajstić information content (AvgIpc) is 3.02. The quantitative estimate of drug-likeness (QED) is 0.692. The fourth-order valence-electron chi connectivity index (χ4n) is 2.82. The van der Waals surface area contributed by atoms with Crippen molar-refractivity contribution in [1.82, 2.24) is 18.7 Å². The highest BCUT2D eigenvalue weighted by molar-refractivity contribution is 5.99. The first kappa shape index (κ1) is 16.7. The van der Waals surface area contributed by atoms with Gasteiger partial charge >= 0.3 is 5.69 Å². The van der Waals surface area contributed by atoms with Crippen molar-refractivity contribution in [2.24, 2.45) is 14.1 Å². The van der Waals surface area contributed by atoms with E-state index in [0.717, 1.165) is 10.3 Å². The highest BCUT2D eigenvalue weighted by Gasteiger charge is 2.14.